The van der Waals surface area contributed by atoms with Gasteiger partial charge in [0.05, 0.1) is 53.2 Å². The lowest BCUT2D eigenvalue weighted by Gasteiger charge is -2.37. The number of carbonyl (C=O) groups excluding carboxylic acids is 8. The van der Waals surface area contributed by atoms with Gasteiger partial charge >= 0.3 is 23.9 Å². The van der Waals surface area contributed by atoms with E-state index in [1.807, 2.05) is 55.5 Å². The Bertz CT molecular complexity index is 5570. The molecular weight excluding hydrogens is 1730 g/mol. The van der Waals surface area contributed by atoms with Crippen LogP contribution in [0.3, 0.4) is 0 Å². The molecule has 2 aliphatic carbocycles. The molecule has 0 spiro atoms. The number of Topliss-reactive ketones (excluding diaryl/α,β-unsaturated/α-hetero) is 4. The maximum atomic E-state index is 14.7. The number of hydrogen-bond acceptors (Lipinski definition) is 18. The summed E-state index contributed by atoms with van der Waals surface area (Å²) in [7, 11) is -8.34. The van der Waals surface area contributed by atoms with Gasteiger partial charge in [0.15, 0.2) is 34.8 Å². The fraction of sp³-hybridized carbons (Fsp3) is 0.485. The second-order valence-electron chi connectivity index (χ2n) is 37.3. The van der Waals surface area contributed by atoms with Gasteiger partial charge in [-0.2, -0.15) is 21.4 Å². The predicted octanol–water partition coefficient (Wildman–Crippen LogP) is 14.1. The number of fused-ring (bicyclic) bond motifs is 3. The molecule has 5 aromatic rings. The summed E-state index contributed by atoms with van der Waals surface area (Å²) in [5.41, 5.74) is 16.8. The SMILES string of the molecule is Cc1ccc2c(c1)C(C)(C)C(/C=C/C1=C(c3ccc(C(=O)CCCCC[C@H](CC(=O)[C@@H](CC(=O)O)NC(=O)[C@H](CCCNC(=N)N)NC(=O)[C@H](CCC(=O)O)CC(=O)c4cccc(NC(=O)N[C@@H]5CN(C6CCCCC6)c6ccccc6N(CC(=O)C(C)(C)C)C5=O)c4)C(=O)O)cc3)C(=C/C=C3/N(CCCCS(=O)(=O)O)c4ccccc4C3(C)C)/CCC1)=[N+]2CCCCS(=O)(=O)O. The number of nitrogens with one attached hydrogen (secondary N) is 6. The lowest BCUT2D eigenvalue weighted by atomic mass is 9.79. The van der Waals surface area contributed by atoms with Crippen molar-refractivity contribution in [3.05, 3.63) is 190 Å². The normalized spacial score (nSPS) is 17.8. The zero-order chi connectivity index (χ0) is 96.2. The maximum absolute atomic E-state index is 14.7. The Hall–Kier alpha value is -11.8. The fourth-order valence-electron chi connectivity index (χ4n) is 18.4. The molecule has 132 heavy (non-hydrogen) atoms. The molecule has 3 aliphatic heterocycles. The summed E-state index contributed by atoms with van der Waals surface area (Å²) in [5, 5.41) is 51.2. The van der Waals surface area contributed by atoms with Crippen LogP contribution < -0.4 is 47.0 Å². The van der Waals surface area contributed by atoms with Gasteiger partial charge in [0.2, 0.25) is 17.5 Å². The van der Waals surface area contributed by atoms with Crippen molar-refractivity contribution in [2.75, 3.05) is 64.2 Å². The van der Waals surface area contributed by atoms with E-state index in [0.29, 0.717) is 62.9 Å². The summed E-state index contributed by atoms with van der Waals surface area (Å²) in [5.74, 6) is -12.8. The molecule has 710 valence electrons. The number of nitrogens with two attached hydrogens (primary N) is 1. The summed E-state index contributed by atoms with van der Waals surface area (Å²) in [6.07, 6.45) is 14.2. The van der Waals surface area contributed by atoms with Gasteiger partial charge in [0, 0.05) is 120 Å². The molecule has 5 atom stereocenters. The van der Waals surface area contributed by atoms with Crippen LogP contribution in [0.1, 0.15) is 246 Å². The molecule has 5 aromatic carbocycles. The van der Waals surface area contributed by atoms with Gasteiger partial charge in [0.1, 0.15) is 18.6 Å². The van der Waals surface area contributed by atoms with Crippen molar-refractivity contribution < 1.29 is 98.6 Å². The van der Waals surface area contributed by atoms with Crippen LogP contribution in [0.25, 0.3) is 5.57 Å². The molecular formula is C99H128N11O20S2+. The summed E-state index contributed by atoms with van der Waals surface area (Å²) in [4.78, 5) is 157. The van der Waals surface area contributed by atoms with Crippen LogP contribution in [0, 0.1) is 29.6 Å². The maximum Gasteiger partial charge on any atom is 0.319 e. The quantitative estimate of drug-likeness (QED) is 0.00430. The average molecular weight is 1860 g/mol. The van der Waals surface area contributed by atoms with Crippen molar-refractivity contribution >= 4 is 131 Å². The molecule has 13 N–H and O–H groups in total. The van der Waals surface area contributed by atoms with Crippen molar-refractivity contribution in [1.82, 2.24) is 21.3 Å². The molecule has 0 bridgehead atoms. The Morgan fingerprint density at radius 1 is 0.621 bits per heavy atom. The number of guanidine groups is 1. The fourth-order valence-corrected chi connectivity index (χ4v) is 19.5. The standard InChI is InChI=1S/C99H127N11O20S2/c1-63-39-47-79-74(56-63)99(7,8)86(108(79)53-20-22-55-132(128,129)130)49-45-66-28-23-27-65(44-48-85-98(5,6)73-33-15-16-35-78(73)107(85)52-19-21-54-131(125,126)127)90(66)67-42-40-64(41-43-67)82(111)38-14-9-11-26-70(94(122)123)59-84(113)76(60-89(117)118)105-92(120)75(34-25-51-102-95(100)101)104-91(119)69(46-50-88(115)116)58-83(112)68-29-24-30-71(57-68)103-96(124)106-77-61-109(72-31-12-10-13-32-72)80-36-17-18-37-81(80)110(93(77)121)62-87(114)97(2,3)4/h15-18,24,29-30,33,35-37,39-45,47-49,56-57,69-70,72,75-77H,9-14,19-23,25-28,31-32,34,38,46,50-55,58-62H2,1-8H3,(H12-,100,101,102,103,104,105,106,115,116,117,118,119,120,122,123,124,125,126,127,128,129,130)/p+1/t69-,70-,75+,76-,77-/m1/s1. The third-order valence-corrected chi connectivity index (χ3v) is 27.2. The summed E-state index contributed by atoms with van der Waals surface area (Å²) < 4.78 is 68.6. The van der Waals surface area contributed by atoms with Crippen molar-refractivity contribution in [2.45, 2.75) is 244 Å². The molecule has 31 nitrogen and oxygen atoms in total. The first-order chi connectivity index (χ1) is 62.4. The zero-order valence-electron chi connectivity index (χ0n) is 76.7. The second kappa shape index (κ2) is 45.5. The Balaban J connectivity index is 0.803. The molecule has 5 amide bonds. The highest BCUT2D eigenvalue weighted by molar-refractivity contribution is 7.86. The number of carbonyl (C=O) groups is 11. The number of carboxylic acids is 3. The molecule has 10 rings (SSSR count). The minimum atomic E-state index is -4.17. The van der Waals surface area contributed by atoms with E-state index in [1.54, 1.807) is 45.0 Å². The number of carboxylic acid groups (broad SMARTS) is 3. The van der Waals surface area contributed by atoms with Gasteiger partial charge < -0.3 is 62.3 Å². The molecule has 0 saturated heterocycles. The number of rotatable bonds is 46. The summed E-state index contributed by atoms with van der Waals surface area (Å²) in [6.45, 7) is 16.8. The van der Waals surface area contributed by atoms with E-state index in [4.69, 9.17) is 11.1 Å². The molecule has 1 fully saturated rings. The van der Waals surface area contributed by atoms with E-state index < -0.39 is 158 Å². The van der Waals surface area contributed by atoms with Gasteiger partial charge in [-0.25, -0.2) is 4.79 Å². The number of aliphatic carboxylic acids is 3. The van der Waals surface area contributed by atoms with Gasteiger partial charge in [-0.1, -0.05) is 157 Å². The predicted molar refractivity (Wildman–Crippen MR) is 507 cm³/mol. The molecule has 0 unspecified atom stereocenters. The molecule has 1 saturated carbocycles. The first-order valence-electron chi connectivity index (χ1n) is 45.7. The minimum absolute atomic E-state index is 0.0176. The molecule has 0 radical (unpaired) electrons. The average Bonchev–Trinajstić information content (AvgIpc) is 1.58. The van der Waals surface area contributed by atoms with Crippen LogP contribution in [0.15, 0.2) is 156 Å². The van der Waals surface area contributed by atoms with Gasteiger partial charge in [-0.05, 0) is 175 Å². The number of benzene rings is 5. The highest BCUT2D eigenvalue weighted by Gasteiger charge is 2.46. The molecule has 3 heterocycles. The lowest BCUT2D eigenvalue weighted by molar-refractivity contribution is -0.438. The number of anilines is 4. The van der Waals surface area contributed by atoms with Crippen LogP contribution in [-0.2, 0) is 69.4 Å². The van der Waals surface area contributed by atoms with Crippen molar-refractivity contribution in [3.8, 4) is 0 Å². The Morgan fingerprint density at radius 2 is 1.30 bits per heavy atom. The monoisotopic (exact) mass is 1850 g/mol. The van der Waals surface area contributed by atoms with Crippen molar-refractivity contribution in [2.24, 2.45) is 23.0 Å². The minimum Gasteiger partial charge on any atom is -0.481 e. The molecule has 5 aliphatic rings. The number of para-hydroxylation sites is 3. The van der Waals surface area contributed by atoms with Crippen LogP contribution in [-0.4, -0.2) is 191 Å². The smallest absolute Gasteiger partial charge is 0.319 e. The highest BCUT2D eigenvalue weighted by atomic mass is 32.2. The van der Waals surface area contributed by atoms with E-state index in [1.165, 1.54) is 29.2 Å². The van der Waals surface area contributed by atoms with Crippen molar-refractivity contribution in [1.29, 1.82) is 5.41 Å². The highest BCUT2D eigenvalue weighted by Crippen LogP contribution is 2.49. The summed E-state index contributed by atoms with van der Waals surface area (Å²) in [6, 6.07) is 29.5. The van der Waals surface area contributed by atoms with Gasteiger partial charge in [-0.3, -0.25) is 62.5 Å². The Labute approximate surface area is 773 Å². The van der Waals surface area contributed by atoms with Crippen LogP contribution in [0.2, 0.25) is 0 Å². The Kier molecular flexibility index (Phi) is 35.3. The number of nitrogens with zero attached hydrogens (tertiary/aromatic N) is 4. The van der Waals surface area contributed by atoms with E-state index in [2.05, 4.69) is 111 Å². The van der Waals surface area contributed by atoms with Crippen LogP contribution >= 0.6 is 0 Å². The topological polar surface area (TPSA) is 480 Å². The third kappa shape index (κ3) is 27.9. The number of unbranched alkanes of at least 4 members (excludes halogenated alkanes) is 4. The largest absolute Gasteiger partial charge is 0.481 e. The number of urea groups is 1. The number of aryl methyl sites for hydroxylation is 1. The lowest BCUT2D eigenvalue weighted by Crippen LogP contribution is -2.55. The summed E-state index contributed by atoms with van der Waals surface area (Å²) >= 11 is 0. The number of amides is 5. The zero-order valence-corrected chi connectivity index (χ0v) is 78.3. The van der Waals surface area contributed by atoms with Gasteiger partial charge in [-0.15, -0.1) is 0 Å². The van der Waals surface area contributed by atoms with E-state index in [-0.39, 0.29) is 105 Å². The van der Waals surface area contributed by atoms with Crippen LogP contribution in [0.4, 0.5) is 33.2 Å². The van der Waals surface area contributed by atoms with E-state index >= 15 is 0 Å². The third-order valence-electron chi connectivity index (χ3n) is 25.6. The number of allylic oxidation sites excluding steroid dienone is 8. The van der Waals surface area contributed by atoms with E-state index in [0.717, 1.165) is 106 Å². The van der Waals surface area contributed by atoms with Crippen LogP contribution in [0.5, 0.6) is 0 Å². The number of hydrogen-bond donors (Lipinski definition) is 12. The van der Waals surface area contributed by atoms with E-state index in [9.17, 15) is 94.0 Å². The van der Waals surface area contributed by atoms with Gasteiger partial charge in [0.25, 0.3) is 26.1 Å². The number of ketones is 4. The molecule has 0 aromatic heterocycles. The van der Waals surface area contributed by atoms with Crippen molar-refractivity contribution in [3.63, 3.8) is 0 Å². The first-order valence-corrected chi connectivity index (χ1v) is 48.9. The Morgan fingerprint density at radius 3 is 1.96 bits per heavy atom. The molecule has 33 heteroatoms. The first kappa shape index (κ1) is 102. The second-order valence-corrected chi connectivity index (χ2v) is 40.5.